The molecule has 0 spiro atoms. The third-order valence-corrected chi connectivity index (χ3v) is 3.71. The van der Waals surface area contributed by atoms with Crippen LogP contribution in [0.5, 0.6) is 0 Å². The maximum atomic E-state index is 11.8. The Bertz CT molecular complexity index is 711. The Morgan fingerprint density at radius 1 is 1.26 bits per heavy atom. The van der Waals surface area contributed by atoms with E-state index in [9.17, 15) is 28.6 Å². The minimum Gasteiger partial charge on any atom is -0.259 e. The van der Waals surface area contributed by atoms with E-state index in [1.165, 1.54) is 6.08 Å². The summed E-state index contributed by atoms with van der Waals surface area (Å²) in [4.78, 5) is 19.7. The van der Waals surface area contributed by atoms with Crippen LogP contribution in [0.1, 0.15) is 13.8 Å². The number of hydroxylamine groups is 1. The number of allylic oxidation sites excluding steroid dienone is 1. The van der Waals surface area contributed by atoms with Crippen molar-refractivity contribution >= 4 is 15.8 Å². The van der Waals surface area contributed by atoms with Crippen molar-refractivity contribution in [3.63, 3.8) is 0 Å². The molecule has 0 atom stereocenters. The average Bonchev–Trinajstić information content (AvgIpc) is 2.45. The van der Waals surface area contributed by atoms with Crippen LogP contribution in [0.15, 0.2) is 40.9 Å². The van der Waals surface area contributed by atoms with Gasteiger partial charge in [0, 0.05) is 12.1 Å². The fraction of sp³-hybridized carbons (Fsp3) is 0.333. The van der Waals surface area contributed by atoms with E-state index >= 15 is 0 Å². The van der Waals surface area contributed by atoms with E-state index in [0.29, 0.717) is 0 Å². The van der Waals surface area contributed by atoms with E-state index < -0.39 is 26.5 Å². The number of nitrogens with one attached hydrogen (secondary N) is 1. The number of nitro groups is 2. The molecule has 10 nitrogen and oxygen atoms in total. The first kappa shape index (κ1) is 18.7. The van der Waals surface area contributed by atoms with E-state index in [1.807, 2.05) is 5.48 Å². The topological polar surface area (TPSA) is 142 Å². The Kier molecular flexibility index (Phi) is 6.30. The Labute approximate surface area is 132 Å². The van der Waals surface area contributed by atoms with Gasteiger partial charge in [-0.3, -0.25) is 20.2 Å². The molecule has 0 aromatic heterocycles. The van der Waals surface area contributed by atoms with Crippen molar-refractivity contribution in [2.45, 2.75) is 18.7 Å². The lowest BCUT2D eigenvalue weighted by Gasteiger charge is -2.06. The smallest absolute Gasteiger partial charge is 0.259 e. The molecule has 0 aliphatic carbocycles. The molecule has 1 rings (SSSR count). The summed E-state index contributed by atoms with van der Waals surface area (Å²) in [6.07, 6.45) is 1.36. The highest BCUT2D eigenvalue weighted by Gasteiger charge is 2.19. The predicted molar refractivity (Wildman–Crippen MR) is 79.3 cm³/mol. The van der Waals surface area contributed by atoms with Gasteiger partial charge in [-0.2, -0.15) is 18.2 Å². The van der Waals surface area contributed by atoms with Crippen LogP contribution in [0.3, 0.4) is 0 Å². The van der Waals surface area contributed by atoms with Crippen molar-refractivity contribution in [3.05, 3.63) is 56.3 Å². The number of hydrogen-bond acceptors (Lipinski definition) is 8. The molecule has 0 fully saturated rings. The van der Waals surface area contributed by atoms with E-state index in [4.69, 9.17) is 0 Å². The van der Waals surface area contributed by atoms with Gasteiger partial charge in [0.15, 0.2) is 0 Å². The molecule has 23 heavy (non-hydrogen) atoms. The summed E-state index contributed by atoms with van der Waals surface area (Å²) < 4.78 is 28.2. The molecule has 0 unspecified atom stereocenters. The minimum atomic E-state index is -4.24. The third-order valence-electron chi connectivity index (χ3n) is 2.52. The molecule has 0 saturated carbocycles. The second kappa shape index (κ2) is 7.76. The van der Waals surface area contributed by atoms with Gasteiger partial charge in [-0.1, -0.05) is 13.8 Å². The van der Waals surface area contributed by atoms with Crippen LogP contribution in [0.2, 0.25) is 0 Å². The number of non-ortho nitro benzene ring substituents is 1. The quantitative estimate of drug-likeness (QED) is 0.553. The van der Waals surface area contributed by atoms with E-state index in [2.05, 4.69) is 4.28 Å². The van der Waals surface area contributed by atoms with Crippen LogP contribution >= 0.6 is 0 Å². The summed E-state index contributed by atoms with van der Waals surface area (Å²) in [5, 5.41) is 21.3. The van der Waals surface area contributed by atoms with E-state index in [0.717, 1.165) is 24.3 Å². The van der Waals surface area contributed by atoms with Crippen LogP contribution in [0.4, 0.5) is 5.69 Å². The van der Waals surface area contributed by atoms with Gasteiger partial charge in [-0.15, -0.1) is 0 Å². The molecule has 1 N–H and O–H groups in total. The van der Waals surface area contributed by atoms with Crippen molar-refractivity contribution in [1.82, 2.24) is 5.48 Å². The van der Waals surface area contributed by atoms with E-state index in [-0.39, 0.29) is 22.2 Å². The number of nitro benzene ring substituents is 1. The second-order valence-corrected chi connectivity index (χ2v) is 6.32. The monoisotopic (exact) mass is 345 g/mol. The molecule has 0 bridgehead atoms. The minimum absolute atomic E-state index is 0.0940. The standard InChI is InChI=1S/C12H15N3O7S/c1-9(2)7-11(15(18)19)8-13-22-23(20,21)12-5-3-10(4-6-12)14(16)17/h3-7,9,13H,8H2,1-2H3/b11-7+. The summed E-state index contributed by atoms with van der Waals surface area (Å²) in [5.74, 6) is -0.0940. The molecule has 0 saturated heterocycles. The van der Waals surface area contributed by atoms with Crippen LogP contribution in [0.25, 0.3) is 0 Å². The predicted octanol–water partition coefficient (Wildman–Crippen LogP) is 1.62. The lowest BCUT2D eigenvalue weighted by Crippen LogP contribution is -2.25. The van der Waals surface area contributed by atoms with Crippen molar-refractivity contribution in [1.29, 1.82) is 0 Å². The van der Waals surface area contributed by atoms with Crippen LogP contribution in [-0.2, 0) is 14.4 Å². The average molecular weight is 345 g/mol. The molecule has 0 heterocycles. The molecule has 0 aliphatic heterocycles. The molecule has 0 amide bonds. The largest absolute Gasteiger partial charge is 0.312 e. The zero-order valence-electron chi connectivity index (χ0n) is 12.3. The van der Waals surface area contributed by atoms with Gasteiger partial charge in [-0.05, 0) is 24.1 Å². The lowest BCUT2D eigenvalue weighted by atomic mass is 10.2. The van der Waals surface area contributed by atoms with Crippen molar-refractivity contribution in [3.8, 4) is 0 Å². The molecular formula is C12H15N3O7S. The summed E-state index contributed by atoms with van der Waals surface area (Å²) in [6.45, 7) is 3.05. The lowest BCUT2D eigenvalue weighted by molar-refractivity contribution is -0.427. The second-order valence-electron chi connectivity index (χ2n) is 4.77. The van der Waals surface area contributed by atoms with E-state index in [1.54, 1.807) is 13.8 Å². The van der Waals surface area contributed by atoms with Gasteiger partial charge in [0.05, 0.1) is 14.7 Å². The Morgan fingerprint density at radius 3 is 2.26 bits per heavy atom. The Hall–Kier alpha value is -2.37. The molecule has 0 aliphatic rings. The normalized spacial score (nSPS) is 12.4. The van der Waals surface area contributed by atoms with Gasteiger partial charge in [0.2, 0.25) is 0 Å². The molecule has 11 heteroatoms. The highest BCUT2D eigenvalue weighted by Crippen LogP contribution is 2.17. The third kappa shape index (κ3) is 5.73. The first-order chi connectivity index (χ1) is 10.6. The summed E-state index contributed by atoms with van der Waals surface area (Å²) in [6, 6.07) is 4.04. The Balaban J connectivity index is 2.76. The van der Waals surface area contributed by atoms with Crippen LogP contribution < -0.4 is 5.48 Å². The first-order valence-electron chi connectivity index (χ1n) is 6.39. The number of hydrogen-bond donors (Lipinski definition) is 1. The van der Waals surface area contributed by atoms with Gasteiger partial charge >= 0.3 is 10.1 Å². The molecule has 1 aromatic rings. The highest BCUT2D eigenvalue weighted by molar-refractivity contribution is 7.86. The molecule has 1 aromatic carbocycles. The molecule has 0 radical (unpaired) electrons. The van der Waals surface area contributed by atoms with Crippen LogP contribution in [-0.4, -0.2) is 24.8 Å². The molecule has 126 valence electrons. The van der Waals surface area contributed by atoms with Crippen molar-refractivity contribution in [2.75, 3.05) is 6.54 Å². The number of benzene rings is 1. The van der Waals surface area contributed by atoms with Crippen molar-refractivity contribution < 1.29 is 22.5 Å². The fourth-order valence-corrected chi connectivity index (χ4v) is 2.31. The van der Waals surface area contributed by atoms with Gasteiger partial charge in [0.1, 0.15) is 6.54 Å². The number of rotatable bonds is 8. The SMILES string of the molecule is CC(C)/C=C(\CNOS(=O)(=O)c1ccc([N+](=O)[O-])cc1)[N+](=O)[O-]. The number of nitrogens with zero attached hydrogens (tertiary/aromatic N) is 2. The van der Waals surface area contributed by atoms with Crippen LogP contribution in [0, 0.1) is 26.1 Å². The summed E-state index contributed by atoms with van der Waals surface area (Å²) in [7, 11) is -4.24. The Morgan fingerprint density at radius 2 is 1.83 bits per heavy atom. The van der Waals surface area contributed by atoms with Crippen molar-refractivity contribution in [2.24, 2.45) is 5.92 Å². The van der Waals surface area contributed by atoms with Gasteiger partial charge in [-0.25, -0.2) is 0 Å². The highest BCUT2D eigenvalue weighted by atomic mass is 32.2. The maximum absolute atomic E-state index is 11.8. The molecular weight excluding hydrogens is 330 g/mol. The summed E-state index contributed by atoms with van der Waals surface area (Å²) >= 11 is 0. The first-order valence-corrected chi connectivity index (χ1v) is 7.80. The van der Waals surface area contributed by atoms with Gasteiger partial charge in [0.25, 0.3) is 11.4 Å². The summed E-state index contributed by atoms with van der Waals surface area (Å²) in [5.41, 5.74) is 1.51. The fourth-order valence-electron chi connectivity index (χ4n) is 1.53. The maximum Gasteiger partial charge on any atom is 0.312 e. The zero-order chi connectivity index (χ0) is 17.6. The van der Waals surface area contributed by atoms with Gasteiger partial charge < -0.3 is 0 Å². The zero-order valence-corrected chi connectivity index (χ0v) is 13.1.